The summed E-state index contributed by atoms with van der Waals surface area (Å²) in [5.41, 5.74) is 0.923. The van der Waals surface area contributed by atoms with Crippen LogP contribution in [0.2, 0.25) is 0 Å². The first kappa shape index (κ1) is 21.1. The number of amides is 2. The SMILES string of the molecule is Cc1nc(COc2cccc(C(=O)N3CCN(C(=O)OC(C)(C)C)CC3)c2)cs1. The van der Waals surface area contributed by atoms with Crippen LogP contribution in [0.4, 0.5) is 4.79 Å². The van der Waals surface area contributed by atoms with Crippen LogP contribution in [0.3, 0.4) is 0 Å². The van der Waals surface area contributed by atoms with Crippen molar-refractivity contribution in [1.82, 2.24) is 14.8 Å². The molecule has 0 bridgehead atoms. The molecule has 0 atom stereocenters. The molecule has 1 aromatic heterocycles. The molecule has 1 fully saturated rings. The molecule has 0 saturated carbocycles. The van der Waals surface area contributed by atoms with Gasteiger partial charge in [0.15, 0.2) is 0 Å². The molecule has 7 nitrogen and oxygen atoms in total. The van der Waals surface area contributed by atoms with E-state index in [-0.39, 0.29) is 12.0 Å². The molecule has 0 unspecified atom stereocenters. The number of ether oxygens (including phenoxy) is 2. The van der Waals surface area contributed by atoms with Gasteiger partial charge in [0.1, 0.15) is 18.0 Å². The maximum Gasteiger partial charge on any atom is 0.410 e. The molecule has 0 radical (unpaired) electrons. The fraction of sp³-hybridized carbons (Fsp3) is 0.476. The molecule has 1 aliphatic heterocycles. The van der Waals surface area contributed by atoms with Crippen LogP contribution >= 0.6 is 11.3 Å². The predicted octanol–water partition coefficient (Wildman–Crippen LogP) is 3.72. The topological polar surface area (TPSA) is 72.0 Å². The van der Waals surface area contributed by atoms with Crippen LogP contribution in [0, 0.1) is 6.92 Å². The molecule has 29 heavy (non-hydrogen) atoms. The minimum atomic E-state index is -0.526. The summed E-state index contributed by atoms with van der Waals surface area (Å²) in [6.45, 7) is 9.72. The highest BCUT2D eigenvalue weighted by atomic mass is 32.1. The molecule has 1 saturated heterocycles. The van der Waals surface area contributed by atoms with Crippen molar-refractivity contribution in [3.8, 4) is 5.75 Å². The first-order chi connectivity index (χ1) is 13.7. The van der Waals surface area contributed by atoms with Gasteiger partial charge in [-0.1, -0.05) is 6.07 Å². The zero-order valence-corrected chi connectivity index (χ0v) is 18.1. The quantitative estimate of drug-likeness (QED) is 0.758. The lowest BCUT2D eigenvalue weighted by Gasteiger charge is -2.35. The molecule has 1 aromatic carbocycles. The number of piperazine rings is 1. The van der Waals surface area contributed by atoms with E-state index in [4.69, 9.17) is 9.47 Å². The van der Waals surface area contributed by atoms with E-state index in [0.29, 0.717) is 44.1 Å². The minimum absolute atomic E-state index is 0.0659. The van der Waals surface area contributed by atoms with Crippen LogP contribution in [0.5, 0.6) is 5.75 Å². The summed E-state index contributed by atoms with van der Waals surface area (Å²) in [6.07, 6.45) is -0.336. The minimum Gasteiger partial charge on any atom is -0.487 e. The average Bonchev–Trinajstić information content (AvgIpc) is 3.10. The summed E-state index contributed by atoms with van der Waals surface area (Å²) < 4.78 is 11.2. The Hall–Kier alpha value is -2.61. The summed E-state index contributed by atoms with van der Waals surface area (Å²) >= 11 is 1.58. The second kappa shape index (κ2) is 8.82. The van der Waals surface area contributed by atoms with Crippen LogP contribution in [0.1, 0.15) is 41.8 Å². The number of nitrogens with zero attached hydrogens (tertiary/aromatic N) is 3. The van der Waals surface area contributed by atoms with E-state index in [1.807, 2.05) is 45.2 Å². The van der Waals surface area contributed by atoms with Gasteiger partial charge < -0.3 is 19.3 Å². The molecule has 0 N–H and O–H groups in total. The monoisotopic (exact) mass is 417 g/mol. The van der Waals surface area contributed by atoms with E-state index < -0.39 is 5.60 Å². The lowest BCUT2D eigenvalue weighted by Crippen LogP contribution is -2.51. The van der Waals surface area contributed by atoms with E-state index in [1.165, 1.54) is 0 Å². The lowest BCUT2D eigenvalue weighted by atomic mass is 10.1. The van der Waals surface area contributed by atoms with E-state index in [9.17, 15) is 9.59 Å². The van der Waals surface area contributed by atoms with Gasteiger partial charge in [-0.3, -0.25) is 4.79 Å². The van der Waals surface area contributed by atoms with Crippen LogP contribution in [0.15, 0.2) is 29.6 Å². The Morgan fingerprint density at radius 1 is 1.14 bits per heavy atom. The van der Waals surface area contributed by atoms with Gasteiger partial charge >= 0.3 is 6.09 Å². The average molecular weight is 418 g/mol. The highest BCUT2D eigenvalue weighted by Crippen LogP contribution is 2.19. The maximum absolute atomic E-state index is 12.9. The molecule has 0 spiro atoms. The van der Waals surface area contributed by atoms with Crippen molar-refractivity contribution in [2.24, 2.45) is 0 Å². The first-order valence-corrected chi connectivity index (χ1v) is 10.5. The first-order valence-electron chi connectivity index (χ1n) is 9.62. The van der Waals surface area contributed by atoms with Gasteiger partial charge in [0.25, 0.3) is 5.91 Å². The summed E-state index contributed by atoms with van der Waals surface area (Å²) in [4.78, 5) is 32.8. The number of thiazole rings is 1. The molecule has 3 rings (SSSR count). The Bertz CT molecular complexity index is 867. The zero-order chi connectivity index (χ0) is 21.0. The van der Waals surface area contributed by atoms with E-state index in [2.05, 4.69) is 4.98 Å². The van der Waals surface area contributed by atoms with Crippen molar-refractivity contribution in [2.75, 3.05) is 26.2 Å². The normalized spacial score (nSPS) is 14.6. The Morgan fingerprint density at radius 3 is 2.45 bits per heavy atom. The number of aryl methyl sites for hydroxylation is 1. The second-order valence-electron chi connectivity index (χ2n) is 7.93. The van der Waals surface area contributed by atoms with Crippen LogP contribution < -0.4 is 4.74 Å². The maximum atomic E-state index is 12.9. The Labute approximate surface area is 175 Å². The fourth-order valence-corrected chi connectivity index (χ4v) is 3.55. The largest absolute Gasteiger partial charge is 0.487 e. The third kappa shape index (κ3) is 5.93. The number of benzene rings is 1. The summed E-state index contributed by atoms with van der Waals surface area (Å²) in [6, 6.07) is 7.17. The van der Waals surface area contributed by atoms with Crippen molar-refractivity contribution >= 4 is 23.3 Å². The summed E-state index contributed by atoms with van der Waals surface area (Å²) in [7, 11) is 0. The molecule has 156 valence electrons. The van der Waals surface area contributed by atoms with Crippen LogP contribution in [-0.2, 0) is 11.3 Å². The van der Waals surface area contributed by atoms with Crippen molar-refractivity contribution < 1.29 is 19.1 Å². The molecule has 1 aliphatic rings. The van der Waals surface area contributed by atoms with Gasteiger partial charge in [-0.15, -0.1) is 11.3 Å². The fourth-order valence-electron chi connectivity index (χ4n) is 2.95. The van der Waals surface area contributed by atoms with Crippen LogP contribution in [-0.4, -0.2) is 58.6 Å². The highest BCUT2D eigenvalue weighted by molar-refractivity contribution is 7.09. The van der Waals surface area contributed by atoms with Gasteiger partial charge in [0.05, 0.1) is 10.7 Å². The molecule has 8 heteroatoms. The van der Waals surface area contributed by atoms with Gasteiger partial charge in [-0.05, 0) is 45.9 Å². The molecule has 2 amide bonds. The van der Waals surface area contributed by atoms with Crippen molar-refractivity contribution in [3.63, 3.8) is 0 Å². The van der Waals surface area contributed by atoms with E-state index >= 15 is 0 Å². The molecule has 2 aromatic rings. The molecule has 0 aliphatic carbocycles. The molecule has 2 heterocycles. The van der Waals surface area contributed by atoms with E-state index in [0.717, 1.165) is 10.7 Å². The van der Waals surface area contributed by atoms with E-state index in [1.54, 1.807) is 33.3 Å². The zero-order valence-electron chi connectivity index (χ0n) is 17.3. The predicted molar refractivity (Wildman–Crippen MR) is 111 cm³/mol. The van der Waals surface area contributed by atoms with Gasteiger partial charge in [0, 0.05) is 37.1 Å². The molecular formula is C21H27N3O4S. The van der Waals surface area contributed by atoms with Crippen molar-refractivity contribution in [2.45, 2.75) is 39.9 Å². The standard InChI is InChI=1S/C21H27N3O4S/c1-15-22-17(14-29-15)13-27-18-7-5-6-16(12-18)19(25)23-8-10-24(11-9-23)20(26)28-21(2,3)4/h5-7,12,14H,8-11,13H2,1-4H3. The Balaban J connectivity index is 1.55. The van der Waals surface area contributed by atoms with Gasteiger partial charge in [-0.25, -0.2) is 9.78 Å². The second-order valence-corrected chi connectivity index (χ2v) is 9.00. The Morgan fingerprint density at radius 2 is 1.83 bits per heavy atom. The highest BCUT2D eigenvalue weighted by Gasteiger charge is 2.28. The number of carbonyl (C=O) groups is 2. The number of carbonyl (C=O) groups excluding carboxylic acids is 2. The summed E-state index contributed by atoms with van der Waals surface area (Å²) in [5, 5.41) is 2.96. The number of aromatic nitrogens is 1. The number of hydrogen-bond donors (Lipinski definition) is 0. The molecular weight excluding hydrogens is 390 g/mol. The van der Waals surface area contributed by atoms with Gasteiger partial charge in [-0.2, -0.15) is 0 Å². The Kier molecular flexibility index (Phi) is 6.42. The van der Waals surface area contributed by atoms with Gasteiger partial charge in [0.2, 0.25) is 0 Å². The smallest absolute Gasteiger partial charge is 0.410 e. The van der Waals surface area contributed by atoms with Crippen molar-refractivity contribution in [3.05, 3.63) is 45.9 Å². The number of hydrogen-bond acceptors (Lipinski definition) is 6. The third-order valence-electron chi connectivity index (χ3n) is 4.35. The van der Waals surface area contributed by atoms with Crippen LogP contribution in [0.25, 0.3) is 0 Å². The summed E-state index contributed by atoms with van der Waals surface area (Å²) in [5.74, 6) is 0.567. The van der Waals surface area contributed by atoms with Crippen molar-refractivity contribution in [1.29, 1.82) is 0 Å². The lowest BCUT2D eigenvalue weighted by molar-refractivity contribution is 0.0141. The third-order valence-corrected chi connectivity index (χ3v) is 5.18. The number of rotatable bonds is 4.